The zero-order valence-corrected chi connectivity index (χ0v) is 6.37. The minimum Gasteiger partial charge on any atom is -0.322 e. The lowest BCUT2D eigenvalue weighted by molar-refractivity contribution is 1.31. The third-order valence-electron chi connectivity index (χ3n) is 1.80. The van der Waals surface area contributed by atoms with Crippen LogP contribution in [-0.2, 0) is 0 Å². The van der Waals surface area contributed by atoms with E-state index in [0.29, 0.717) is 5.46 Å². The van der Waals surface area contributed by atoms with E-state index in [9.17, 15) is 4.79 Å². The van der Waals surface area contributed by atoms with Crippen molar-refractivity contribution >= 4 is 24.2 Å². The minimum atomic E-state index is -0.104. The van der Waals surface area contributed by atoms with Gasteiger partial charge in [0.05, 0.1) is 0 Å². The predicted molar refractivity (Wildman–Crippen MR) is 50.0 cm³/mol. The van der Waals surface area contributed by atoms with Crippen LogP contribution in [0, 0.1) is 0 Å². The standard InChI is InChI=1S/C9H6BNO/c10-7-2-1-3-8-6(7)4-5-9(12)11-8/h1-5H,(H,11,12). The average Bonchev–Trinajstić information content (AvgIpc) is 2.04. The van der Waals surface area contributed by atoms with Gasteiger partial charge in [-0.3, -0.25) is 4.79 Å². The average molecular weight is 155 g/mol. The second-order valence-corrected chi connectivity index (χ2v) is 2.63. The van der Waals surface area contributed by atoms with E-state index in [-0.39, 0.29) is 5.56 Å². The number of hydrogen-bond acceptors (Lipinski definition) is 1. The Morgan fingerprint density at radius 2 is 2.00 bits per heavy atom. The Labute approximate surface area is 70.6 Å². The van der Waals surface area contributed by atoms with Gasteiger partial charge in [-0.2, -0.15) is 0 Å². The largest absolute Gasteiger partial charge is 0.322 e. The molecule has 0 spiro atoms. The molecule has 0 unspecified atom stereocenters. The normalized spacial score (nSPS) is 10.3. The molecular weight excluding hydrogens is 149 g/mol. The van der Waals surface area contributed by atoms with E-state index in [1.54, 1.807) is 12.1 Å². The summed E-state index contributed by atoms with van der Waals surface area (Å²) in [6.07, 6.45) is 0. The molecule has 1 aromatic carbocycles. The molecule has 0 bridgehead atoms. The number of benzene rings is 1. The Morgan fingerprint density at radius 3 is 2.83 bits per heavy atom. The molecule has 0 aliphatic carbocycles. The molecule has 1 N–H and O–H groups in total. The van der Waals surface area contributed by atoms with Crippen molar-refractivity contribution in [2.24, 2.45) is 0 Å². The maximum absolute atomic E-state index is 10.9. The molecule has 1 aromatic heterocycles. The maximum Gasteiger partial charge on any atom is 0.248 e. The van der Waals surface area contributed by atoms with Gasteiger partial charge >= 0.3 is 0 Å². The van der Waals surface area contributed by atoms with E-state index in [4.69, 9.17) is 7.85 Å². The molecule has 2 rings (SSSR count). The van der Waals surface area contributed by atoms with Gasteiger partial charge in [-0.05, 0) is 17.5 Å². The van der Waals surface area contributed by atoms with Crippen LogP contribution >= 0.6 is 0 Å². The first-order valence-electron chi connectivity index (χ1n) is 3.65. The Kier molecular flexibility index (Phi) is 1.50. The first-order chi connectivity index (χ1) is 5.77. The van der Waals surface area contributed by atoms with Crippen molar-refractivity contribution in [2.75, 3.05) is 0 Å². The fourth-order valence-corrected chi connectivity index (χ4v) is 1.21. The summed E-state index contributed by atoms with van der Waals surface area (Å²) in [5.74, 6) is 0. The molecule has 0 saturated heterocycles. The molecule has 2 radical (unpaired) electrons. The second kappa shape index (κ2) is 2.52. The summed E-state index contributed by atoms with van der Waals surface area (Å²) in [5, 5.41) is 0.886. The van der Waals surface area contributed by atoms with Gasteiger partial charge in [0.1, 0.15) is 7.85 Å². The first-order valence-corrected chi connectivity index (χ1v) is 3.65. The molecule has 0 aliphatic heterocycles. The zero-order valence-electron chi connectivity index (χ0n) is 6.37. The van der Waals surface area contributed by atoms with E-state index in [1.165, 1.54) is 6.07 Å². The number of nitrogens with one attached hydrogen (secondary N) is 1. The third kappa shape index (κ3) is 1.03. The maximum atomic E-state index is 10.9. The molecule has 12 heavy (non-hydrogen) atoms. The van der Waals surface area contributed by atoms with Crippen LogP contribution in [0.15, 0.2) is 35.1 Å². The molecule has 2 nitrogen and oxygen atoms in total. The van der Waals surface area contributed by atoms with Gasteiger partial charge in [-0.1, -0.05) is 17.6 Å². The molecule has 3 heteroatoms. The number of fused-ring (bicyclic) bond motifs is 1. The lowest BCUT2D eigenvalue weighted by Crippen LogP contribution is -2.08. The predicted octanol–water partition coefficient (Wildman–Crippen LogP) is 0.322. The summed E-state index contributed by atoms with van der Waals surface area (Å²) in [6, 6.07) is 8.64. The summed E-state index contributed by atoms with van der Waals surface area (Å²) in [4.78, 5) is 13.6. The quantitative estimate of drug-likeness (QED) is 0.546. The van der Waals surface area contributed by atoms with Gasteiger partial charge in [-0.15, -0.1) is 0 Å². The Bertz CT molecular complexity index is 475. The van der Waals surface area contributed by atoms with Crippen LogP contribution in [0.5, 0.6) is 0 Å². The van der Waals surface area contributed by atoms with E-state index in [2.05, 4.69) is 4.98 Å². The second-order valence-electron chi connectivity index (χ2n) is 2.63. The van der Waals surface area contributed by atoms with Crippen LogP contribution in [0.3, 0.4) is 0 Å². The van der Waals surface area contributed by atoms with Crippen LogP contribution in [0.4, 0.5) is 0 Å². The number of H-pyrrole nitrogens is 1. The zero-order chi connectivity index (χ0) is 8.55. The number of aromatic nitrogens is 1. The van der Waals surface area contributed by atoms with Crippen molar-refractivity contribution in [3.8, 4) is 0 Å². The van der Waals surface area contributed by atoms with Crippen molar-refractivity contribution in [1.82, 2.24) is 4.98 Å². The van der Waals surface area contributed by atoms with E-state index in [1.807, 2.05) is 12.1 Å². The van der Waals surface area contributed by atoms with Crippen LogP contribution < -0.4 is 11.0 Å². The molecule has 0 saturated carbocycles. The van der Waals surface area contributed by atoms with Gasteiger partial charge in [0, 0.05) is 11.6 Å². The summed E-state index contributed by atoms with van der Waals surface area (Å²) in [7, 11) is 5.68. The minimum absolute atomic E-state index is 0.104. The topological polar surface area (TPSA) is 32.9 Å². The fourth-order valence-electron chi connectivity index (χ4n) is 1.21. The van der Waals surface area contributed by atoms with Crippen LogP contribution in [0.25, 0.3) is 10.9 Å². The van der Waals surface area contributed by atoms with Crippen molar-refractivity contribution < 1.29 is 0 Å². The van der Waals surface area contributed by atoms with Crippen molar-refractivity contribution in [3.63, 3.8) is 0 Å². The fraction of sp³-hybridized carbons (Fsp3) is 0. The van der Waals surface area contributed by atoms with Crippen LogP contribution in [0.2, 0.25) is 0 Å². The lowest BCUT2D eigenvalue weighted by Gasteiger charge is -1.99. The van der Waals surface area contributed by atoms with Gasteiger partial charge < -0.3 is 4.98 Å². The first kappa shape index (κ1) is 7.16. The molecule has 0 aliphatic rings. The highest BCUT2D eigenvalue weighted by atomic mass is 16.1. The molecule has 0 amide bonds. The van der Waals surface area contributed by atoms with Gasteiger partial charge in [-0.25, -0.2) is 0 Å². The smallest absolute Gasteiger partial charge is 0.248 e. The highest BCUT2D eigenvalue weighted by Crippen LogP contribution is 2.03. The number of rotatable bonds is 0. The number of hydrogen-bond donors (Lipinski definition) is 1. The lowest BCUT2D eigenvalue weighted by atomic mass is 9.92. The summed E-state index contributed by atoms with van der Waals surface area (Å²) in [6.45, 7) is 0. The molecule has 56 valence electrons. The van der Waals surface area contributed by atoms with Crippen molar-refractivity contribution in [2.45, 2.75) is 0 Å². The molecular formula is C9H6BNO. The highest BCUT2D eigenvalue weighted by Gasteiger charge is 1.94. The number of aromatic amines is 1. The van der Waals surface area contributed by atoms with Gasteiger partial charge in [0.25, 0.3) is 0 Å². The van der Waals surface area contributed by atoms with Gasteiger partial charge in [0.2, 0.25) is 5.56 Å². The summed E-state index contributed by atoms with van der Waals surface area (Å²) >= 11 is 0. The third-order valence-corrected chi connectivity index (χ3v) is 1.80. The van der Waals surface area contributed by atoms with E-state index < -0.39 is 0 Å². The van der Waals surface area contributed by atoms with Crippen LogP contribution in [0.1, 0.15) is 0 Å². The van der Waals surface area contributed by atoms with Crippen molar-refractivity contribution in [3.05, 3.63) is 40.7 Å². The Balaban J connectivity index is 2.96. The Hall–Kier alpha value is -1.51. The van der Waals surface area contributed by atoms with E-state index in [0.717, 1.165) is 10.9 Å². The highest BCUT2D eigenvalue weighted by molar-refractivity contribution is 6.38. The molecule has 0 fully saturated rings. The molecule has 2 aromatic rings. The van der Waals surface area contributed by atoms with Crippen molar-refractivity contribution in [1.29, 1.82) is 0 Å². The van der Waals surface area contributed by atoms with E-state index >= 15 is 0 Å². The number of pyridine rings is 1. The molecule has 1 heterocycles. The SMILES string of the molecule is [B]c1cccc2[nH]c(=O)ccc12. The molecule has 0 atom stereocenters. The summed E-state index contributed by atoms with van der Waals surface area (Å²) < 4.78 is 0. The monoisotopic (exact) mass is 155 g/mol. The Morgan fingerprint density at radius 1 is 1.17 bits per heavy atom. The van der Waals surface area contributed by atoms with Gasteiger partial charge in [0.15, 0.2) is 0 Å². The summed E-state index contributed by atoms with van der Waals surface area (Å²) in [5.41, 5.74) is 1.36. The van der Waals surface area contributed by atoms with Crippen LogP contribution in [-0.4, -0.2) is 12.8 Å².